The lowest BCUT2D eigenvalue weighted by atomic mass is 10.1. The van der Waals surface area contributed by atoms with Crippen molar-refractivity contribution in [1.29, 1.82) is 0 Å². The van der Waals surface area contributed by atoms with E-state index >= 15 is 0 Å². The number of hydrazone groups is 1. The summed E-state index contributed by atoms with van der Waals surface area (Å²) in [5.41, 5.74) is 6.34. The predicted octanol–water partition coefficient (Wildman–Crippen LogP) is 3.73. The van der Waals surface area contributed by atoms with Crippen LogP contribution in [-0.2, 0) is 14.8 Å². The number of carbonyl (C=O) groups is 1. The minimum Gasteiger partial charge on any atom is -0.493 e. The van der Waals surface area contributed by atoms with Crippen molar-refractivity contribution >= 4 is 33.5 Å². The molecule has 0 aromatic heterocycles. The summed E-state index contributed by atoms with van der Waals surface area (Å²) < 4.78 is 39.1. The number of amides is 1. The summed E-state index contributed by atoms with van der Waals surface area (Å²) in [7, 11) is 2.63. The van der Waals surface area contributed by atoms with Crippen LogP contribution < -0.4 is 24.1 Å². The monoisotopic (exact) mass is 524 g/mol. The molecular formula is C27H32N4O5S. The Morgan fingerprint density at radius 3 is 2.08 bits per heavy atom. The molecule has 1 N–H and O–H groups in total. The highest BCUT2D eigenvalue weighted by Gasteiger charge is 2.28. The first-order valence-electron chi connectivity index (χ1n) is 11.5. The molecule has 0 fully saturated rings. The summed E-state index contributed by atoms with van der Waals surface area (Å²) >= 11 is 0. The van der Waals surface area contributed by atoms with E-state index in [1.807, 2.05) is 63.2 Å². The van der Waals surface area contributed by atoms with Gasteiger partial charge in [0.2, 0.25) is 0 Å². The average Bonchev–Trinajstić information content (AvgIpc) is 2.86. The number of anilines is 2. The Balaban J connectivity index is 1.89. The molecule has 0 bridgehead atoms. The van der Waals surface area contributed by atoms with E-state index in [0.29, 0.717) is 11.4 Å². The third-order valence-corrected chi connectivity index (χ3v) is 7.31. The standard InChI is InChI=1S/C27H32N4O5S/c1-19-13-20(2)15-23(14-19)31(37(33,34)24-11-12-25(35-5)26(16-24)36-6)18-27(32)29-28-17-21-7-9-22(10-8-21)30(3)4/h7-17H,18H2,1-6H3,(H,29,32)/b28-17-. The highest BCUT2D eigenvalue weighted by Crippen LogP contribution is 2.32. The highest BCUT2D eigenvalue weighted by atomic mass is 32.2. The molecule has 0 heterocycles. The normalized spacial score (nSPS) is 11.3. The van der Waals surface area contributed by atoms with Gasteiger partial charge in [0.05, 0.1) is 31.0 Å². The van der Waals surface area contributed by atoms with Crippen LogP contribution >= 0.6 is 0 Å². The van der Waals surface area contributed by atoms with Crippen molar-refractivity contribution in [3.63, 3.8) is 0 Å². The maximum absolute atomic E-state index is 13.7. The van der Waals surface area contributed by atoms with Crippen LogP contribution in [0.25, 0.3) is 0 Å². The lowest BCUT2D eigenvalue weighted by molar-refractivity contribution is -0.119. The topological polar surface area (TPSA) is 101 Å². The van der Waals surface area contributed by atoms with Crippen LogP contribution in [0.15, 0.2) is 70.7 Å². The maximum Gasteiger partial charge on any atom is 0.264 e. The minimum absolute atomic E-state index is 0.0402. The molecule has 0 atom stereocenters. The molecule has 0 aliphatic heterocycles. The van der Waals surface area contributed by atoms with E-state index in [9.17, 15) is 13.2 Å². The molecule has 0 aliphatic rings. The number of nitrogens with zero attached hydrogens (tertiary/aromatic N) is 3. The second kappa shape index (κ2) is 11.8. The van der Waals surface area contributed by atoms with E-state index in [1.54, 1.807) is 12.1 Å². The predicted molar refractivity (Wildman–Crippen MR) is 146 cm³/mol. The third-order valence-electron chi connectivity index (χ3n) is 5.54. The van der Waals surface area contributed by atoms with Gasteiger partial charge in [-0.2, -0.15) is 5.10 Å². The molecule has 0 aliphatic carbocycles. The van der Waals surface area contributed by atoms with E-state index in [4.69, 9.17) is 9.47 Å². The number of benzene rings is 3. The molecular weight excluding hydrogens is 492 g/mol. The van der Waals surface area contributed by atoms with Gasteiger partial charge in [0, 0.05) is 25.8 Å². The molecule has 3 aromatic rings. The van der Waals surface area contributed by atoms with Crippen molar-refractivity contribution in [2.45, 2.75) is 18.7 Å². The van der Waals surface area contributed by atoms with Gasteiger partial charge in [-0.15, -0.1) is 0 Å². The summed E-state index contributed by atoms with van der Waals surface area (Å²) in [5, 5.41) is 4.01. The quantitative estimate of drug-likeness (QED) is 0.320. The van der Waals surface area contributed by atoms with E-state index in [2.05, 4.69) is 10.5 Å². The van der Waals surface area contributed by atoms with Crippen molar-refractivity contribution in [3.05, 3.63) is 77.4 Å². The fraction of sp³-hybridized carbons (Fsp3) is 0.259. The first-order valence-corrected chi connectivity index (χ1v) is 12.9. The van der Waals surface area contributed by atoms with Crippen molar-refractivity contribution < 1.29 is 22.7 Å². The van der Waals surface area contributed by atoms with Gasteiger partial charge >= 0.3 is 0 Å². The van der Waals surface area contributed by atoms with E-state index in [1.165, 1.54) is 38.6 Å². The molecule has 1 amide bonds. The molecule has 0 unspecified atom stereocenters. The maximum atomic E-state index is 13.7. The first-order chi connectivity index (χ1) is 17.5. The van der Waals surface area contributed by atoms with Gasteiger partial charge in [-0.25, -0.2) is 13.8 Å². The fourth-order valence-corrected chi connectivity index (χ4v) is 5.14. The molecule has 0 saturated heterocycles. The zero-order valence-corrected chi connectivity index (χ0v) is 22.7. The molecule has 3 rings (SSSR count). The van der Waals surface area contributed by atoms with Crippen molar-refractivity contribution in [2.24, 2.45) is 5.10 Å². The van der Waals surface area contributed by atoms with Crippen LogP contribution in [-0.4, -0.2) is 55.4 Å². The molecule has 0 spiro atoms. The molecule has 196 valence electrons. The molecule has 9 nitrogen and oxygen atoms in total. The number of methoxy groups -OCH3 is 2. The van der Waals surface area contributed by atoms with Crippen LogP contribution in [0, 0.1) is 13.8 Å². The fourth-order valence-electron chi connectivity index (χ4n) is 3.72. The Kier molecular flexibility index (Phi) is 8.77. The SMILES string of the molecule is COc1ccc(S(=O)(=O)N(CC(=O)N/N=C\c2ccc(N(C)C)cc2)c2cc(C)cc(C)c2)cc1OC. The average molecular weight is 525 g/mol. The lowest BCUT2D eigenvalue weighted by Gasteiger charge is -2.25. The molecule has 3 aromatic carbocycles. The third kappa shape index (κ3) is 6.79. The van der Waals surface area contributed by atoms with E-state index < -0.39 is 22.5 Å². The Hall–Kier alpha value is -4.05. The number of hydrogen-bond donors (Lipinski definition) is 1. The van der Waals surface area contributed by atoms with E-state index in [-0.39, 0.29) is 10.6 Å². The van der Waals surface area contributed by atoms with Gasteiger partial charge in [0.15, 0.2) is 11.5 Å². The van der Waals surface area contributed by atoms with Crippen LogP contribution in [0.3, 0.4) is 0 Å². The molecule has 0 saturated carbocycles. The van der Waals surface area contributed by atoms with Crippen molar-refractivity contribution in [1.82, 2.24) is 5.43 Å². The Morgan fingerprint density at radius 2 is 1.51 bits per heavy atom. The van der Waals surface area contributed by atoms with E-state index in [0.717, 1.165) is 26.7 Å². The molecule has 37 heavy (non-hydrogen) atoms. The summed E-state index contributed by atoms with van der Waals surface area (Å²) in [6, 6.07) is 17.3. The van der Waals surface area contributed by atoms with Crippen LogP contribution in [0.5, 0.6) is 11.5 Å². The zero-order chi connectivity index (χ0) is 27.2. The molecule has 10 heteroatoms. The number of hydrogen-bond acceptors (Lipinski definition) is 7. The largest absolute Gasteiger partial charge is 0.493 e. The summed E-state index contributed by atoms with van der Waals surface area (Å²) in [5.74, 6) is 0.0627. The van der Waals surface area contributed by atoms with Gasteiger partial charge in [0.25, 0.3) is 15.9 Å². The van der Waals surface area contributed by atoms with Gasteiger partial charge in [-0.05, 0) is 66.9 Å². The number of aryl methyl sites for hydroxylation is 2. The molecule has 0 radical (unpaired) electrons. The lowest BCUT2D eigenvalue weighted by Crippen LogP contribution is -2.39. The minimum atomic E-state index is -4.15. The van der Waals surface area contributed by atoms with Crippen LogP contribution in [0.4, 0.5) is 11.4 Å². The number of carbonyl (C=O) groups excluding carboxylic acids is 1. The van der Waals surface area contributed by atoms with Crippen LogP contribution in [0.1, 0.15) is 16.7 Å². The van der Waals surface area contributed by atoms with Crippen molar-refractivity contribution in [2.75, 3.05) is 44.1 Å². The zero-order valence-electron chi connectivity index (χ0n) is 21.8. The Labute approximate surface area is 218 Å². The van der Waals surface area contributed by atoms with Gasteiger partial charge in [-0.1, -0.05) is 18.2 Å². The van der Waals surface area contributed by atoms with Crippen LogP contribution in [0.2, 0.25) is 0 Å². The number of ether oxygens (including phenoxy) is 2. The summed E-state index contributed by atoms with van der Waals surface area (Å²) in [6.07, 6.45) is 1.50. The van der Waals surface area contributed by atoms with Gasteiger partial charge in [-0.3, -0.25) is 9.10 Å². The Bertz CT molecular complexity index is 1370. The second-order valence-electron chi connectivity index (χ2n) is 8.65. The van der Waals surface area contributed by atoms with Gasteiger partial charge in [0.1, 0.15) is 6.54 Å². The van der Waals surface area contributed by atoms with Crippen molar-refractivity contribution in [3.8, 4) is 11.5 Å². The van der Waals surface area contributed by atoms with Gasteiger partial charge < -0.3 is 14.4 Å². The number of sulfonamides is 1. The summed E-state index contributed by atoms with van der Waals surface area (Å²) in [6.45, 7) is 3.25. The Morgan fingerprint density at radius 1 is 0.892 bits per heavy atom. The second-order valence-corrected chi connectivity index (χ2v) is 10.5. The number of rotatable bonds is 10. The smallest absolute Gasteiger partial charge is 0.264 e. The highest BCUT2D eigenvalue weighted by molar-refractivity contribution is 7.92. The summed E-state index contributed by atoms with van der Waals surface area (Å²) in [4.78, 5) is 14.8. The first kappa shape index (κ1) is 27.5. The number of nitrogens with one attached hydrogen (secondary N) is 1.